The lowest BCUT2D eigenvalue weighted by Crippen LogP contribution is -2.38. The van der Waals surface area contributed by atoms with Gasteiger partial charge in [0, 0.05) is 44.3 Å². The van der Waals surface area contributed by atoms with Crippen LogP contribution < -0.4 is 15.4 Å². The van der Waals surface area contributed by atoms with Crippen LogP contribution in [0, 0.1) is 11.8 Å². The van der Waals surface area contributed by atoms with Crippen LogP contribution in [-0.4, -0.2) is 60.7 Å². The summed E-state index contributed by atoms with van der Waals surface area (Å²) in [5, 5.41) is 0. The van der Waals surface area contributed by atoms with E-state index in [0.29, 0.717) is 36.8 Å². The molecule has 2 fully saturated rings. The molecule has 8 heteroatoms. The van der Waals surface area contributed by atoms with E-state index < -0.39 is 0 Å². The lowest BCUT2D eigenvalue weighted by molar-refractivity contribution is -0.137. The number of fused-ring (bicyclic) bond motifs is 1. The zero-order valence-electron chi connectivity index (χ0n) is 16.8. The standard InChI is InChI=1S/C21H27N5O3/c1-3-29-13-19(27)26-11-15-10-25(21-23-9-8-18(22)24-21)12-17(15)20(26)14-4-6-16(28-2)7-5-14/h4-9,15,17,20H,3,10-13H2,1-2H3,(H2,22,23,24)/t15-,17-,20-/m0/s1. The first-order valence-corrected chi connectivity index (χ1v) is 9.95. The smallest absolute Gasteiger partial charge is 0.249 e. The van der Waals surface area contributed by atoms with E-state index >= 15 is 0 Å². The van der Waals surface area contributed by atoms with E-state index in [2.05, 4.69) is 14.9 Å². The number of methoxy groups -OCH3 is 1. The maximum absolute atomic E-state index is 12.9. The summed E-state index contributed by atoms with van der Waals surface area (Å²) in [5.74, 6) is 2.59. The van der Waals surface area contributed by atoms with Crippen LogP contribution in [0.2, 0.25) is 0 Å². The van der Waals surface area contributed by atoms with Gasteiger partial charge >= 0.3 is 0 Å². The molecule has 154 valence electrons. The summed E-state index contributed by atoms with van der Waals surface area (Å²) < 4.78 is 10.7. The molecule has 2 aromatic rings. The Morgan fingerprint density at radius 3 is 2.69 bits per heavy atom. The molecule has 2 aliphatic rings. The third-order valence-corrected chi connectivity index (χ3v) is 5.82. The van der Waals surface area contributed by atoms with Gasteiger partial charge in [0.25, 0.3) is 0 Å². The Kier molecular flexibility index (Phi) is 5.53. The fourth-order valence-electron chi connectivity index (χ4n) is 4.48. The number of carbonyl (C=O) groups excluding carboxylic acids is 1. The Labute approximate surface area is 170 Å². The molecular weight excluding hydrogens is 370 g/mol. The number of nitrogens with zero attached hydrogens (tertiary/aromatic N) is 4. The van der Waals surface area contributed by atoms with Gasteiger partial charge in [0.2, 0.25) is 11.9 Å². The molecule has 0 aliphatic carbocycles. The topological polar surface area (TPSA) is 93.8 Å². The van der Waals surface area contributed by atoms with E-state index in [4.69, 9.17) is 15.2 Å². The van der Waals surface area contributed by atoms with Gasteiger partial charge in [-0.2, -0.15) is 4.98 Å². The molecule has 1 amide bonds. The van der Waals surface area contributed by atoms with Crippen molar-refractivity contribution in [3.05, 3.63) is 42.1 Å². The number of amides is 1. The number of nitrogen functional groups attached to an aromatic ring is 1. The van der Waals surface area contributed by atoms with Gasteiger partial charge in [-0.1, -0.05) is 12.1 Å². The minimum absolute atomic E-state index is 0.00933. The largest absolute Gasteiger partial charge is 0.497 e. The first-order chi connectivity index (χ1) is 14.1. The van der Waals surface area contributed by atoms with Crippen molar-refractivity contribution in [1.29, 1.82) is 0 Å². The van der Waals surface area contributed by atoms with Crippen molar-refractivity contribution in [2.45, 2.75) is 13.0 Å². The van der Waals surface area contributed by atoms with Gasteiger partial charge in [-0.3, -0.25) is 4.79 Å². The molecule has 3 heterocycles. The van der Waals surface area contributed by atoms with Crippen LogP contribution >= 0.6 is 0 Å². The van der Waals surface area contributed by atoms with E-state index in [1.807, 2.05) is 36.1 Å². The van der Waals surface area contributed by atoms with Gasteiger partial charge < -0.3 is 25.0 Å². The Morgan fingerprint density at radius 1 is 1.21 bits per heavy atom. The summed E-state index contributed by atoms with van der Waals surface area (Å²) in [6, 6.07) is 9.67. The summed E-state index contributed by atoms with van der Waals surface area (Å²) in [5.41, 5.74) is 6.95. The molecule has 0 bridgehead atoms. The highest BCUT2D eigenvalue weighted by Gasteiger charge is 2.49. The van der Waals surface area contributed by atoms with Crippen LogP contribution in [-0.2, 0) is 9.53 Å². The summed E-state index contributed by atoms with van der Waals surface area (Å²) in [6.45, 7) is 4.83. The van der Waals surface area contributed by atoms with Crippen molar-refractivity contribution >= 4 is 17.7 Å². The van der Waals surface area contributed by atoms with Crippen molar-refractivity contribution in [2.24, 2.45) is 11.8 Å². The third kappa shape index (κ3) is 3.85. The molecule has 0 unspecified atom stereocenters. The van der Waals surface area contributed by atoms with Crippen LogP contribution in [0.3, 0.4) is 0 Å². The molecule has 0 saturated carbocycles. The van der Waals surface area contributed by atoms with E-state index in [0.717, 1.165) is 24.4 Å². The molecule has 2 N–H and O–H groups in total. The van der Waals surface area contributed by atoms with Crippen LogP contribution in [0.5, 0.6) is 5.75 Å². The van der Waals surface area contributed by atoms with Gasteiger partial charge in [0.1, 0.15) is 18.2 Å². The predicted octanol–water partition coefficient (Wildman–Crippen LogP) is 1.74. The number of benzene rings is 1. The number of hydrogen-bond acceptors (Lipinski definition) is 7. The lowest BCUT2D eigenvalue weighted by atomic mass is 9.89. The SMILES string of the molecule is CCOCC(=O)N1C[C@@H]2CN(c3nccc(N)n3)C[C@@H]2[C@@H]1c1ccc(OC)cc1. The molecule has 0 radical (unpaired) electrons. The predicted molar refractivity (Wildman–Crippen MR) is 110 cm³/mol. The van der Waals surface area contributed by atoms with Gasteiger partial charge in [-0.15, -0.1) is 0 Å². The minimum atomic E-state index is -0.00933. The second kappa shape index (κ2) is 8.24. The zero-order chi connectivity index (χ0) is 20.4. The Balaban J connectivity index is 1.60. The fraction of sp³-hybridized carbons (Fsp3) is 0.476. The summed E-state index contributed by atoms with van der Waals surface area (Å²) in [7, 11) is 1.65. The summed E-state index contributed by atoms with van der Waals surface area (Å²) in [6.07, 6.45) is 1.69. The third-order valence-electron chi connectivity index (χ3n) is 5.82. The van der Waals surface area contributed by atoms with Crippen molar-refractivity contribution < 1.29 is 14.3 Å². The second-order valence-electron chi connectivity index (χ2n) is 7.51. The fourth-order valence-corrected chi connectivity index (χ4v) is 4.48. The Bertz CT molecular complexity index is 860. The summed E-state index contributed by atoms with van der Waals surface area (Å²) >= 11 is 0. The van der Waals surface area contributed by atoms with Crippen LogP contribution in [0.25, 0.3) is 0 Å². The molecule has 2 aliphatic heterocycles. The Morgan fingerprint density at radius 2 is 2.00 bits per heavy atom. The molecule has 2 saturated heterocycles. The van der Waals surface area contributed by atoms with Crippen molar-refractivity contribution in [2.75, 3.05) is 50.6 Å². The normalized spacial score (nSPS) is 23.3. The van der Waals surface area contributed by atoms with E-state index in [9.17, 15) is 4.79 Å². The van der Waals surface area contributed by atoms with Crippen molar-refractivity contribution in [3.63, 3.8) is 0 Å². The number of aromatic nitrogens is 2. The zero-order valence-corrected chi connectivity index (χ0v) is 16.8. The van der Waals surface area contributed by atoms with E-state index in [1.54, 1.807) is 19.4 Å². The molecule has 4 rings (SSSR count). The number of ether oxygens (including phenoxy) is 2. The van der Waals surface area contributed by atoms with Crippen LogP contribution in [0.15, 0.2) is 36.5 Å². The maximum Gasteiger partial charge on any atom is 0.249 e. The highest BCUT2D eigenvalue weighted by Crippen LogP contribution is 2.45. The molecule has 3 atom stereocenters. The van der Waals surface area contributed by atoms with Gasteiger partial charge in [-0.25, -0.2) is 4.98 Å². The second-order valence-corrected chi connectivity index (χ2v) is 7.51. The molecule has 1 aromatic carbocycles. The monoisotopic (exact) mass is 397 g/mol. The van der Waals surface area contributed by atoms with Crippen LogP contribution in [0.1, 0.15) is 18.5 Å². The van der Waals surface area contributed by atoms with Gasteiger partial charge in [0.05, 0.1) is 13.2 Å². The highest BCUT2D eigenvalue weighted by atomic mass is 16.5. The molecule has 8 nitrogen and oxygen atoms in total. The molecule has 0 spiro atoms. The number of anilines is 2. The molecule has 29 heavy (non-hydrogen) atoms. The van der Waals surface area contributed by atoms with Crippen molar-refractivity contribution in [1.82, 2.24) is 14.9 Å². The van der Waals surface area contributed by atoms with Crippen LogP contribution in [0.4, 0.5) is 11.8 Å². The summed E-state index contributed by atoms with van der Waals surface area (Å²) in [4.78, 5) is 25.8. The quantitative estimate of drug-likeness (QED) is 0.793. The van der Waals surface area contributed by atoms with E-state index in [1.165, 1.54) is 0 Å². The first kappa shape index (κ1) is 19.4. The van der Waals surface area contributed by atoms with E-state index in [-0.39, 0.29) is 18.6 Å². The molecule has 1 aromatic heterocycles. The number of hydrogen-bond donors (Lipinski definition) is 1. The average Bonchev–Trinajstić information content (AvgIpc) is 3.30. The van der Waals surface area contributed by atoms with Gasteiger partial charge in [0.15, 0.2) is 0 Å². The number of nitrogens with two attached hydrogens (primary N) is 1. The lowest BCUT2D eigenvalue weighted by Gasteiger charge is -2.30. The van der Waals surface area contributed by atoms with Gasteiger partial charge in [-0.05, 0) is 30.7 Å². The maximum atomic E-state index is 12.9. The molecular formula is C21H27N5O3. The number of likely N-dealkylation sites (tertiary alicyclic amines) is 1. The minimum Gasteiger partial charge on any atom is -0.497 e. The highest BCUT2D eigenvalue weighted by molar-refractivity contribution is 5.78. The van der Waals surface area contributed by atoms with Crippen molar-refractivity contribution in [3.8, 4) is 5.75 Å². The number of rotatable bonds is 6. The average molecular weight is 397 g/mol. The Hall–Kier alpha value is -2.87. The number of carbonyl (C=O) groups is 1. The first-order valence-electron chi connectivity index (χ1n) is 9.95.